The van der Waals surface area contributed by atoms with Crippen molar-refractivity contribution < 1.29 is 9.32 Å². The van der Waals surface area contributed by atoms with E-state index in [0.717, 1.165) is 5.56 Å². The molecule has 2 aromatic rings. The van der Waals surface area contributed by atoms with Crippen LogP contribution < -0.4 is 5.32 Å². The summed E-state index contributed by atoms with van der Waals surface area (Å²) in [5.74, 6) is 0.308. The first-order valence-electron chi connectivity index (χ1n) is 5.65. The Morgan fingerprint density at radius 1 is 1.44 bits per heavy atom. The second-order valence-corrected chi connectivity index (χ2v) is 3.83. The Labute approximate surface area is 105 Å². The molecule has 0 radical (unpaired) electrons. The maximum absolute atomic E-state index is 12.0. The van der Waals surface area contributed by atoms with Crippen LogP contribution in [0.4, 0.5) is 0 Å². The van der Waals surface area contributed by atoms with Crippen LogP contribution in [0.5, 0.6) is 0 Å². The van der Waals surface area contributed by atoms with E-state index in [2.05, 4.69) is 17.1 Å². The highest BCUT2D eigenvalue weighted by molar-refractivity contribution is 6.00. The molecule has 0 spiro atoms. The minimum Gasteiger partial charge on any atom is -0.360 e. The fourth-order valence-electron chi connectivity index (χ4n) is 1.69. The van der Waals surface area contributed by atoms with Gasteiger partial charge in [-0.3, -0.25) is 4.79 Å². The lowest BCUT2D eigenvalue weighted by molar-refractivity contribution is 0.0957. The molecular formula is C14H14N2O2. The van der Waals surface area contributed by atoms with Crippen LogP contribution in [0.1, 0.15) is 16.1 Å². The van der Waals surface area contributed by atoms with Crippen molar-refractivity contribution in [2.75, 3.05) is 6.54 Å². The molecule has 1 aromatic carbocycles. The molecule has 1 aromatic heterocycles. The zero-order valence-electron chi connectivity index (χ0n) is 10.1. The molecule has 0 atom stereocenters. The second-order valence-electron chi connectivity index (χ2n) is 3.83. The molecule has 1 heterocycles. The standard InChI is InChI=1S/C14H14N2O2/c1-3-9-15-14(17)12-10(2)18-16-13(12)11-7-5-4-6-8-11/h3-8H,1,9H2,2H3,(H,15,17). The van der Waals surface area contributed by atoms with Crippen LogP contribution in [0.25, 0.3) is 11.3 Å². The summed E-state index contributed by atoms with van der Waals surface area (Å²) < 4.78 is 5.11. The molecule has 18 heavy (non-hydrogen) atoms. The average molecular weight is 242 g/mol. The number of rotatable bonds is 4. The molecular weight excluding hydrogens is 228 g/mol. The topological polar surface area (TPSA) is 55.1 Å². The highest BCUT2D eigenvalue weighted by Crippen LogP contribution is 2.24. The van der Waals surface area contributed by atoms with Crippen LogP contribution >= 0.6 is 0 Å². The van der Waals surface area contributed by atoms with Crippen molar-refractivity contribution in [3.05, 3.63) is 54.3 Å². The number of aromatic nitrogens is 1. The summed E-state index contributed by atoms with van der Waals surface area (Å²) in [7, 11) is 0. The Bertz CT molecular complexity index is 558. The lowest BCUT2D eigenvalue weighted by atomic mass is 10.1. The van der Waals surface area contributed by atoms with Gasteiger partial charge in [0.05, 0.1) is 0 Å². The molecule has 0 bridgehead atoms. The first-order chi connectivity index (χ1) is 8.74. The number of aryl methyl sites for hydroxylation is 1. The van der Waals surface area contributed by atoms with Crippen LogP contribution in [0.15, 0.2) is 47.5 Å². The van der Waals surface area contributed by atoms with Gasteiger partial charge in [0, 0.05) is 12.1 Å². The van der Waals surface area contributed by atoms with Crippen molar-refractivity contribution in [2.24, 2.45) is 0 Å². The highest BCUT2D eigenvalue weighted by Gasteiger charge is 2.20. The van der Waals surface area contributed by atoms with Crippen molar-refractivity contribution in [2.45, 2.75) is 6.92 Å². The van der Waals surface area contributed by atoms with Crippen molar-refractivity contribution in [3.63, 3.8) is 0 Å². The van der Waals surface area contributed by atoms with Crippen molar-refractivity contribution in [1.82, 2.24) is 10.5 Å². The van der Waals surface area contributed by atoms with Gasteiger partial charge in [0.2, 0.25) is 0 Å². The van der Waals surface area contributed by atoms with Gasteiger partial charge in [0.1, 0.15) is 17.0 Å². The summed E-state index contributed by atoms with van der Waals surface area (Å²) in [5.41, 5.74) is 1.90. The van der Waals surface area contributed by atoms with E-state index in [1.54, 1.807) is 13.0 Å². The van der Waals surface area contributed by atoms with Gasteiger partial charge in [0.25, 0.3) is 5.91 Å². The first kappa shape index (κ1) is 12.1. The first-order valence-corrected chi connectivity index (χ1v) is 5.65. The summed E-state index contributed by atoms with van der Waals surface area (Å²) in [6, 6.07) is 9.48. The molecule has 4 nitrogen and oxygen atoms in total. The number of hydrogen-bond donors (Lipinski definition) is 1. The summed E-state index contributed by atoms with van der Waals surface area (Å²) in [4.78, 5) is 12.0. The van der Waals surface area contributed by atoms with Gasteiger partial charge in [-0.1, -0.05) is 41.6 Å². The van der Waals surface area contributed by atoms with E-state index >= 15 is 0 Å². The molecule has 4 heteroatoms. The SMILES string of the molecule is C=CCNC(=O)c1c(-c2ccccc2)noc1C. The number of carbonyl (C=O) groups is 1. The molecule has 92 valence electrons. The molecule has 0 unspecified atom stereocenters. The lowest BCUT2D eigenvalue weighted by Crippen LogP contribution is -2.24. The van der Waals surface area contributed by atoms with Gasteiger partial charge in [-0.25, -0.2) is 0 Å². The summed E-state index contributed by atoms with van der Waals surface area (Å²) in [5, 5.41) is 6.68. The zero-order valence-corrected chi connectivity index (χ0v) is 10.1. The van der Waals surface area contributed by atoms with E-state index < -0.39 is 0 Å². The van der Waals surface area contributed by atoms with Crippen molar-refractivity contribution in [3.8, 4) is 11.3 Å². The van der Waals surface area contributed by atoms with E-state index in [1.165, 1.54) is 0 Å². The highest BCUT2D eigenvalue weighted by atomic mass is 16.5. The Hall–Kier alpha value is -2.36. The minimum atomic E-state index is -0.201. The van der Waals surface area contributed by atoms with Gasteiger partial charge in [-0.05, 0) is 6.92 Å². The summed E-state index contributed by atoms with van der Waals surface area (Å²) in [6.07, 6.45) is 1.63. The Balaban J connectivity index is 2.39. The van der Waals surface area contributed by atoms with Crippen molar-refractivity contribution in [1.29, 1.82) is 0 Å². The monoisotopic (exact) mass is 242 g/mol. The number of benzene rings is 1. The van der Waals surface area contributed by atoms with Crippen molar-refractivity contribution >= 4 is 5.91 Å². The van der Waals surface area contributed by atoms with Crippen LogP contribution in [-0.4, -0.2) is 17.6 Å². The fraction of sp³-hybridized carbons (Fsp3) is 0.143. The van der Waals surface area contributed by atoms with E-state index in [4.69, 9.17) is 4.52 Å². The third-order valence-electron chi connectivity index (χ3n) is 2.54. The summed E-state index contributed by atoms with van der Waals surface area (Å²) in [6.45, 7) is 5.70. The van der Waals surface area contributed by atoms with Crippen LogP contribution in [0.3, 0.4) is 0 Å². The molecule has 0 aliphatic heterocycles. The van der Waals surface area contributed by atoms with Gasteiger partial charge in [0.15, 0.2) is 0 Å². The molecule has 1 N–H and O–H groups in total. The smallest absolute Gasteiger partial charge is 0.257 e. The van der Waals surface area contributed by atoms with Gasteiger partial charge in [-0.2, -0.15) is 0 Å². The van der Waals surface area contributed by atoms with E-state index in [9.17, 15) is 4.79 Å². The van der Waals surface area contributed by atoms with Crippen LogP contribution in [-0.2, 0) is 0 Å². The summed E-state index contributed by atoms with van der Waals surface area (Å²) >= 11 is 0. The molecule has 0 saturated carbocycles. The molecule has 0 saturated heterocycles. The van der Waals surface area contributed by atoms with Crippen LogP contribution in [0.2, 0.25) is 0 Å². The predicted octanol–water partition coefficient (Wildman–Crippen LogP) is 2.57. The Morgan fingerprint density at radius 3 is 2.83 bits per heavy atom. The quantitative estimate of drug-likeness (QED) is 0.838. The number of amides is 1. The minimum absolute atomic E-state index is 0.201. The van der Waals surface area contributed by atoms with E-state index in [1.807, 2.05) is 30.3 Å². The van der Waals surface area contributed by atoms with Crippen LogP contribution in [0, 0.1) is 6.92 Å². The van der Waals surface area contributed by atoms with Gasteiger partial charge >= 0.3 is 0 Å². The third-order valence-corrected chi connectivity index (χ3v) is 2.54. The van der Waals surface area contributed by atoms with E-state index in [0.29, 0.717) is 23.6 Å². The normalized spacial score (nSPS) is 10.1. The Morgan fingerprint density at radius 2 is 2.17 bits per heavy atom. The number of nitrogens with zero attached hydrogens (tertiary/aromatic N) is 1. The number of nitrogens with one attached hydrogen (secondary N) is 1. The molecule has 0 aliphatic carbocycles. The molecule has 1 amide bonds. The lowest BCUT2D eigenvalue weighted by Gasteiger charge is -2.03. The van der Waals surface area contributed by atoms with E-state index in [-0.39, 0.29) is 5.91 Å². The Kier molecular flexibility index (Phi) is 3.57. The largest absolute Gasteiger partial charge is 0.360 e. The molecule has 0 fully saturated rings. The maximum Gasteiger partial charge on any atom is 0.257 e. The molecule has 2 rings (SSSR count). The molecule has 0 aliphatic rings. The zero-order chi connectivity index (χ0) is 13.0. The second kappa shape index (κ2) is 5.31. The predicted molar refractivity (Wildman–Crippen MR) is 69.2 cm³/mol. The number of hydrogen-bond acceptors (Lipinski definition) is 3. The number of carbonyl (C=O) groups excluding carboxylic acids is 1. The average Bonchev–Trinajstić information content (AvgIpc) is 2.79. The maximum atomic E-state index is 12.0. The van der Waals surface area contributed by atoms with Gasteiger partial charge in [-0.15, -0.1) is 6.58 Å². The fourth-order valence-corrected chi connectivity index (χ4v) is 1.69. The van der Waals surface area contributed by atoms with Gasteiger partial charge < -0.3 is 9.84 Å². The third kappa shape index (κ3) is 2.32.